The molecule has 1 unspecified atom stereocenters. The minimum absolute atomic E-state index is 0.131. The Bertz CT molecular complexity index is 609. The summed E-state index contributed by atoms with van der Waals surface area (Å²) in [6, 6.07) is 0. The normalized spacial score (nSPS) is 18.6. The second-order valence-electron chi connectivity index (χ2n) is 3.91. The highest BCUT2D eigenvalue weighted by atomic mass is 32.1. The minimum Gasteiger partial charge on any atom is -0.371 e. The zero-order chi connectivity index (χ0) is 12.0. The van der Waals surface area contributed by atoms with Gasteiger partial charge < -0.3 is 4.74 Å². The van der Waals surface area contributed by atoms with E-state index in [0.717, 1.165) is 5.01 Å². The van der Waals surface area contributed by atoms with Crippen molar-refractivity contribution in [3.63, 3.8) is 0 Å². The predicted molar refractivity (Wildman–Crippen MR) is 60.5 cm³/mol. The van der Waals surface area contributed by atoms with Crippen LogP contribution in [0.5, 0.6) is 0 Å². The fourth-order valence-corrected chi connectivity index (χ4v) is 2.33. The molecule has 0 aromatic carbocycles. The summed E-state index contributed by atoms with van der Waals surface area (Å²) in [5, 5.41) is 13.5. The van der Waals surface area contributed by atoms with Gasteiger partial charge in [-0.15, -0.1) is 10.2 Å². The fourth-order valence-electron chi connectivity index (χ4n) is 1.60. The molecule has 0 N–H and O–H groups in total. The van der Waals surface area contributed by atoms with Crippen molar-refractivity contribution < 1.29 is 4.74 Å². The van der Waals surface area contributed by atoms with Crippen LogP contribution < -0.4 is 5.69 Å². The first-order valence-electron chi connectivity index (χ1n) is 5.23. The molecular formula is C9H11N5O2S. The average Bonchev–Trinajstić information content (AvgIpc) is 2.92. The first-order valence-corrected chi connectivity index (χ1v) is 6.05. The molecule has 1 saturated heterocycles. The van der Waals surface area contributed by atoms with E-state index < -0.39 is 0 Å². The Labute approximate surface area is 101 Å². The van der Waals surface area contributed by atoms with Gasteiger partial charge in [-0.25, -0.2) is 14.0 Å². The van der Waals surface area contributed by atoms with Gasteiger partial charge in [0.05, 0.1) is 13.2 Å². The highest BCUT2D eigenvalue weighted by molar-refractivity contribution is 7.13. The Morgan fingerprint density at radius 3 is 2.82 bits per heavy atom. The minimum atomic E-state index is -0.186. The van der Waals surface area contributed by atoms with Gasteiger partial charge in [0, 0.05) is 0 Å². The SMILES string of the molecule is Cc1nnc(-n2c(C)nn(CC3CO3)c2=O)s1. The fraction of sp³-hybridized carbons (Fsp3) is 0.556. The number of ether oxygens (including phenoxy) is 1. The lowest BCUT2D eigenvalue weighted by Crippen LogP contribution is -2.25. The molecule has 0 aliphatic carbocycles. The van der Waals surface area contributed by atoms with Crippen molar-refractivity contribution in [2.24, 2.45) is 0 Å². The van der Waals surface area contributed by atoms with Gasteiger partial charge in [0.25, 0.3) is 0 Å². The molecule has 17 heavy (non-hydrogen) atoms. The number of epoxide rings is 1. The lowest BCUT2D eigenvalue weighted by atomic mass is 10.5. The standard InChI is InChI=1S/C9H11N5O2S/c1-5-12-13(3-7-4-16-7)9(15)14(5)8-11-10-6(2)17-8/h7H,3-4H2,1-2H3. The maximum atomic E-state index is 12.1. The van der Waals surface area contributed by atoms with E-state index in [0.29, 0.717) is 24.1 Å². The van der Waals surface area contributed by atoms with Crippen LogP contribution in [0.2, 0.25) is 0 Å². The van der Waals surface area contributed by atoms with Crippen LogP contribution in [-0.2, 0) is 11.3 Å². The van der Waals surface area contributed by atoms with Crippen molar-refractivity contribution in [2.45, 2.75) is 26.5 Å². The summed E-state index contributed by atoms with van der Waals surface area (Å²) < 4.78 is 7.99. The van der Waals surface area contributed by atoms with Crippen LogP contribution in [0.25, 0.3) is 5.13 Å². The summed E-state index contributed by atoms with van der Waals surface area (Å²) in [6.45, 7) is 4.84. The van der Waals surface area contributed by atoms with Crippen LogP contribution in [0.15, 0.2) is 4.79 Å². The van der Waals surface area contributed by atoms with Crippen molar-refractivity contribution in [1.82, 2.24) is 24.5 Å². The molecule has 0 amide bonds. The van der Waals surface area contributed by atoms with Gasteiger partial charge in [0.1, 0.15) is 16.9 Å². The molecule has 3 rings (SSSR count). The second kappa shape index (κ2) is 3.74. The zero-order valence-corrected chi connectivity index (χ0v) is 10.3. The Kier molecular flexibility index (Phi) is 2.33. The van der Waals surface area contributed by atoms with Gasteiger partial charge in [-0.3, -0.25) is 0 Å². The number of aryl methyl sites for hydroxylation is 2. The number of aromatic nitrogens is 5. The molecule has 2 aromatic rings. The molecule has 90 valence electrons. The van der Waals surface area contributed by atoms with Crippen molar-refractivity contribution >= 4 is 11.3 Å². The average molecular weight is 253 g/mol. The Balaban J connectivity index is 2.04. The first-order chi connectivity index (χ1) is 8.15. The summed E-state index contributed by atoms with van der Waals surface area (Å²) in [5.74, 6) is 0.617. The molecule has 2 aromatic heterocycles. The first kappa shape index (κ1) is 10.6. The second-order valence-corrected chi connectivity index (χ2v) is 5.07. The predicted octanol–water partition coefficient (Wildman–Crippen LogP) is -0.0989. The number of rotatable bonds is 3. The monoisotopic (exact) mass is 253 g/mol. The van der Waals surface area contributed by atoms with E-state index in [4.69, 9.17) is 4.74 Å². The van der Waals surface area contributed by atoms with E-state index in [2.05, 4.69) is 15.3 Å². The van der Waals surface area contributed by atoms with E-state index in [9.17, 15) is 4.79 Å². The third kappa shape index (κ3) is 1.89. The molecule has 1 fully saturated rings. The van der Waals surface area contributed by atoms with E-state index in [-0.39, 0.29) is 11.8 Å². The summed E-state index contributed by atoms with van der Waals surface area (Å²) >= 11 is 1.37. The molecule has 3 heterocycles. The molecule has 0 radical (unpaired) electrons. The largest absolute Gasteiger partial charge is 0.371 e. The Morgan fingerprint density at radius 1 is 1.47 bits per heavy atom. The summed E-state index contributed by atoms with van der Waals surface area (Å²) in [7, 11) is 0. The van der Waals surface area contributed by atoms with Gasteiger partial charge in [0.15, 0.2) is 0 Å². The molecule has 8 heteroatoms. The maximum absolute atomic E-state index is 12.1. The highest BCUT2D eigenvalue weighted by Crippen LogP contribution is 2.14. The van der Waals surface area contributed by atoms with Gasteiger partial charge in [-0.2, -0.15) is 5.10 Å². The van der Waals surface area contributed by atoms with Crippen molar-refractivity contribution in [2.75, 3.05) is 6.61 Å². The Morgan fingerprint density at radius 2 is 2.24 bits per heavy atom. The lowest BCUT2D eigenvalue weighted by Gasteiger charge is -1.94. The summed E-state index contributed by atoms with van der Waals surface area (Å²) in [4.78, 5) is 12.1. The molecule has 1 atom stereocenters. The van der Waals surface area contributed by atoms with Gasteiger partial charge in [-0.05, 0) is 13.8 Å². The van der Waals surface area contributed by atoms with Crippen LogP contribution >= 0.6 is 11.3 Å². The highest BCUT2D eigenvalue weighted by Gasteiger charge is 2.26. The van der Waals surface area contributed by atoms with E-state index >= 15 is 0 Å². The molecule has 0 saturated carbocycles. The van der Waals surface area contributed by atoms with Crippen LogP contribution in [0.1, 0.15) is 10.8 Å². The molecular weight excluding hydrogens is 242 g/mol. The van der Waals surface area contributed by atoms with Crippen LogP contribution in [0.4, 0.5) is 0 Å². The molecule has 1 aliphatic heterocycles. The number of hydrogen-bond donors (Lipinski definition) is 0. The quantitative estimate of drug-likeness (QED) is 0.714. The summed E-state index contributed by atoms with van der Waals surface area (Å²) in [6.07, 6.45) is 0.131. The van der Waals surface area contributed by atoms with Crippen LogP contribution in [0, 0.1) is 13.8 Å². The third-order valence-electron chi connectivity index (χ3n) is 2.49. The molecule has 1 aliphatic rings. The number of hydrogen-bond acceptors (Lipinski definition) is 6. The van der Waals surface area contributed by atoms with E-state index in [1.165, 1.54) is 20.6 Å². The summed E-state index contributed by atoms with van der Waals surface area (Å²) in [5.41, 5.74) is -0.186. The number of nitrogens with zero attached hydrogens (tertiary/aromatic N) is 5. The van der Waals surface area contributed by atoms with Gasteiger partial charge >= 0.3 is 5.69 Å². The third-order valence-corrected chi connectivity index (χ3v) is 3.31. The smallest absolute Gasteiger partial charge is 0.352 e. The molecule has 0 bridgehead atoms. The van der Waals surface area contributed by atoms with E-state index in [1.54, 1.807) is 6.92 Å². The van der Waals surface area contributed by atoms with E-state index in [1.807, 2.05) is 6.92 Å². The van der Waals surface area contributed by atoms with Crippen molar-refractivity contribution in [3.8, 4) is 5.13 Å². The van der Waals surface area contributed by atoms with Gasteiger partial charge in [-0.1, -0.05) is 11.3 Å². The molecule has 7 nitrogen and oxygen atoms in total. The maximum Gasteiger partial charge on any atom is 0.352 e. The Hall–Kier alpha value is -1.54. The topological polar surface area (TPSA) is 78.1 Å². The lowest BCUT2D eigenvalue weighted by molar-refractivity contribution is 0.369. The van der Waals surface area contributed by atoms with Crippen molar-refractivity contribution in [1.29, 1.82) is 0 Å². The molecule has 0 spiro atoms. The van der Waals surface area contributed by atoms with Crippen molar-refractivity contribution in [3.05, 3.63) is 21.3 Å². The van der Waals surface area contributed by atoms with Crippen LogP contribution in [0.3, 0.4) is 0 Å². The zero-order valence-electron chi connectivity index (χ0n) is 9.45. The van der Waals surface area contributed by atoms with Crippen LogP contribution in [-0.4, -0.2) is 37.3 Å². The van der Waals surface area contributed by atoms with Gasteiger partial charge in [0.2, 0.25) is 5.13 Å².